The predicted molar refractivity (Wildman–Crippen MR) is 83.6 cm³/mol. The standard InChI is InChI=1S/C17H18N2O4/c1-10-14(12(3)20)7-15(11(2)19-10)17(21)23-9-13-5-6-16(22-4)18-8-13/h5-8H,9H2,1-4H3. The Labute approximate surface area is 134 Å². The van der Waals surface area contributed by atoms with Crippen LogP contribution in [0.1, 0.15) is 44.6 Å². The minimum absolute atomic E-state index is 0.0819. The Morgan fingerprint density at radius 2 is 1.83 bits per heavy atom. The lowest BCUT2D eigenvalue weighted by Gasteiger charge is -2.10. The van der Waals surface area contributed by atoms with Gasteiger partial charge in [-0.2, -0.15) is 0 Å². The van der Waals surface area contributed by atoms with Gasteiger partial charge in [-0.1, -0.05) is 0 Å². The zero-order valence-corrected chi connectivity index (χ0v) is 13.5. The highest BCUT2D eigenvalue weighted by atomic mass is 16.5. The van der Waals surface area contributed by atoms with Crippen LogP contribution in [0.3, 0.4) is 0 Å². The monoisotopic (exact) mass is 314 g/mol. The molecule has 0 amide bonds. The molecule has 0 aromatic carbocycles. The molecule has 0 aliphatic carbocycles. The average Bonchev–Trinajstić information content (AvgIpc) is 2.52. The van der Waals surface area contributed by atoms with Crippen LogP contribution < -0.4 is 4.74 Å². The number of hydrogen-bond donors (Lipinski definition) is 0. The van der Waals surface area contributed by atoms with Crippen molar-refractivity contribution in [2.24, 2.45) is 0 Å². The molecular formula is C17H18N2O4. The smallest absolute Gasteiger partial charge is 0.340 e. The molecule has 2 aromatic heterocycles. The second-order valence-corrected chi connectivity index (χ2v) is 5.10. The van der Waals surface area contributed by atoms with Crippen LogP contribution in [0.4, 0.5) is 0 Å². The fourth-order valence-corrected chi connectivity index (χ4v) is 2.13. The molecule has 2 heterocycles. The number of methoxy groups -OCH3 is 1. The maximum Gasteiger partial charge on any atom is 0.340 e. The highest BCUT2D eigenvalue weighted by Crippen LogP contribution is 2.15. The normalized spacial score (nSPS) is 10.3. The second kappa shape index (κ2) is 7.00. The van der Waals surface area contributed by atoms with E-state index in [9.17, 15) is 9.59 Å². The maximum absolute atomic E-state index is 12.2. The largest absolute Gasteiger partial charge is 0.481 e. The van der Waals surface area contributed by atoms with Crippen molar-refractivity contribution < 1.29 is 19.1 Å². The molecule has 23 heavy (non-hydrogen) atoms. The topological polar surface area (TPSA) is 78.4 Å². The van der Waals surface area contributed by atoms with E-state index < -0.39 is 5.97 Å². The van der Waals surface area contributed by atoms with Crippen molar-refractivity contribution in [1.82, 2.24) is 9.97 Å². The minimum Gasteiger partial charge on any atom is -0.481 e. The number of hydrogen-bond acceptors (Lipinski definition) is 6. The lowest BCUT2D eigenvalue weighted by Crippen LogP contribution is -2.12. The summed E-state index contributed by atoms with van der Waals surface area (Å²) in [7, 11) is 1.53. The molecule has 2 aromatic rings. The van der Waals surface area contributed by atoms with E-state index >= 15 is 0 Å². The van der Waals surface area contributed by atoms with Gasteiger partial charge in [-0.05, 0) is 32.9 Å². The number of ether oxygens (including phenoxy) is 2. The van der Waals surface area contributed by atoms with Crippen LogP contribution in [0.5, 0.6) is 5.88 Å². The Hall–Kier alpha value is -2.76. The number of aromatic nitrogens is 2. The van der Waals surface area contributed by atoms with Crippen molar-refractivity contribution in [2.45, 2.75) is 27.4 Å². The van der Waals surface area contributed by atoms with E-state index in [2.05, 4.69) is 9.97 Å². The van der Waals surface area contributed by atoms with Crippen molar-refractivity contribution in [3.8, 4) is 5.88 Å². The first-order valence-electron chi connectivity index (χ1n) is 7.07. The molecule has 0 spiro atoms. The maximum atomic E-state index is 12.2. The van der Waals surface area contributed by atoms with Crippen LogP contribution in [0.25, 0.3) is 0 Å². The third-order valence-corrected chi connectivity index (χ3v) is 3.38. The number of carbonyl (C=O) groups excluding carboxylic acids is 2. The van der Waals surface area contributed by atoms with Gasteiger partial charge in [-0.3, -0.25) is 9.78 Å². The molecule has 2 rings (SSSR count). The molecule has 0 saturated heterocycles. The fraction of sp³-hybridized carbons (Fsp3) is 0.294. The van der Waals surface area contributed by atoms with Gasteiger partial charge in [-0.15, -0.1) is 0 Å². The van der Waals surface area contributed by atoms with Crippen LogP contribution >= 0.6 is 0 Å². The quantitative estimate of drug-likeness (QED) is 0.623. The zero-order valence-electron chi connectivity index (χ0n) is 13.5. The summed E-state index contributed by atoms with van der Waals surface area (Å²) in [6, 6.07) is 4.99. The molecule has 0 saturated carbocycles. The molecule has 0 N–H and O–H groups in total. The third-order valence-electron chi connectivity index (χ3n) is 3.38. The Balaban J connectivity index is 2.13. The number of pyridine rings is 2. The van der Waals surface area contributed by atoms with Gasteiger partial charge in [0.1, 0.15) is 6.61 Å². The fourth-order valence-electron chi connectivity index (χ4n) is 2.13. The Morgan fingerprint density at radius 1 is 1.13 bits per heavy atom. The van der Waals surface area contributed by atoms with E-state index in [0.29, 0.717) is 28.4 Å². The van der Waals surface area contributed by atoms with E-state index in [1.54, 1.807) is 32.2 Å². The van der Waals surface area contributed by atoms with Crippen molar-refractivity contribution in [3.63, 3.8) is 0 Å². The van der Waals surface area contributed by atoms with Gasteiger partial charge in [0.25, 0.3) is 0 Å². The van der Waals surface area contributed by atoms with E-state index in [0.717, 1.165) is 5.56 Å². The zero-order chi connectivity index (χ0) is 17.0. The molecule has 6 nitrogen and oxygen atoms in total. The van der Waals surface area contributed by atoms with Gasteiger partial charge in [0, 0.05) is 29.1 Å². The lowest BCUT2D eigenvalue weighted by atomic mass is 10.1. The number of nitrogens with zero attached hydrogens (tertiary/aromatic N) is 2. The highest BCUT2D eigenvalue weighted by molar-refractivity contribution is 5.99. The summed E-state index contributed by atoms with van der Waals surface area (Å²) < 4.78 is 10.2. The summed E-state index contributed by atoms with van der Waals surface area (Å²) in [5, 5.41) is 0. The van der Waals surface area contributed by atoms with Gasteiger partial charge in [0.2, 0.25) is 5.88 Å². The van der Waals surface area contributed by atoms with Crippen LogP contribution in [0, 0.1) is 13.8 Å². The van der Waals surface area contributed by atoms with Gasteiger partial charge in [0.05, 0.1) is 18.4 Å². The summed E-state index contributed by atoms with van der Waals surface area (Å²) >= 11 is 0. The summed E-state index contributed by atoms with van der Waals surface area (Å²) in [6.45, 7) is 4.97. The number of esters is 1. The summed E-state index contributed by atoms with van der Waals surface area (Å²) in [5.74, 6) is -0.165. The lowest BCUT2D eigenvalue weighted by molar-refractivity contribution is 0.0471. The molecule has 6 heteroatoms. The van der Waals surface area contributed by atoms with Crippen LogP contribution in [-0.2, 0) is 11.3 Å². The average molecular weight is 314 g/mol. The first-order valence-corrected chi connectivity index (χ1v) is 7.07. The van der Waals surface area contributed by atoms with Gasteiger partial charge >= 0.3 is 5.97 Å². The van der Waals surface area contributed by atoms with E-state index in [4.69, 9.17) is 9.47 Å². The first kappa shape index (κ1) is 16.6. The van der Waals surface area contributed by atoms with Crippen LogP contribution in [0.15, 0.2) is 24.4 Å². The van der Waals surface area contributed by atoms with Crippen molar-refractivity contribution in [3.05, 3.63) is 52.5 Å². The summed E-state index contributed by atoms with van der Waals surface area (Å²) in [6.07, 6.45) is 1.58. The van der Waals surface area contributed by atoms with Gasteiger partial charge < -0.3 is 9.47 Å². The molecule has 0 fully saturated rings. The van der Waals surface area contributed by atoms with Gasteiger partial charge in [-0.25, -0.2) is 9.78 Å². The van der Waals surface area contributed by atoms with Crippen LogP contribution in [0.2, 0.25) is 0 Å². The van der Waals surface area contributed by atoms with Crippen molar-refractivity contribution in [2.75, 3.05) is 7.11 Å². The molecule has 0 aliphatic heterocycles. The molecule has 0 bridgehead atoms. The number of Topliss-reactive ketones (excluding diaryl/α,β-unsaturated/α-hetero) is 1. The molecule has 0 aliphatic rings. The number of rotatable bonds is 5. The molecule has 0 atom stereocenters. The van der Waals surface area contributed by atoms with Crippen molar-refractivity contribution in [1.29, 1.82) is 0 Å². The van der Waals surface area contributed by atoms with Crippen molar-refractivity contribution >= 4 is 11.8 Å². The van der Waals surface area contributed by atoms with E-state index in [-0.39, 0.29) is 12.4 Å². The SMILES string of the molecule is COc1ccc(COC(=O)c2cc(C(C)=O)c(C)nc2C)cn1. The van der Waals surface area contributed by atoms with E-state index in [1.807, 2.05) is 0 Å². The number of ketones is 1. The predicted octanol–water partition coefficient (Wildman–Crippen LogP) is 2.66. The van der Waals surface area contributed by atoms with Crippen LogP contribution in [-0.4, -0.2) is 28.8 Å². The summed E-state index contributed by atoms with van der Waals surface area (Å²) in [5.41, 5.74) is 2.59. The van der Waals surface area contributed by atoms with E-state index in [1.165, 1.54) is 20.1 Å². The minimum atomic E-state index is -0.520. The molecule has 0 radical (unpaired) electrons. The molecule has 0 unspecified atom stereocenters. The number of aryl methyl sites for hydroxylation is 2. The highest BCUT2D eigenvalue weighted by Gasteiger charge is 2.16. The first-order chi connectivity index (χ1) is 10.9. The third kappa shape index (κ3) is 3.91. The Morgan fingerprint density at radius 3 is 2.39 bits per heavy atom. The molecular weight excluding hydrogens is 296 g/mol. The number of carbonyl (C=O) groups is 2. The Kier molecular flexibility index (Phi) is 5.05. The summed E-state index contributed by atoms with van der Waals surface area (Å²) in [4.78, 5) is 32.1. The van der Waals surface area contributed by atoms with Gasteiger partial charge in [0.15, 0.2) is 5.78 Å². The molecule has 120 valence electrons. The second-order valence-electron chi connectivity index (χ2n) is 5.10. The Bertz CT molecular complexity index is 739.